The molecule has 4 heteroatoms. The molecule has 2 heterocycles. The molecule has 2 rings (SSSR count). The van der Waals surface area contributed by atoms with E-state index in [2.05, 4.69) is 17.2 Å². The van der Waals surface area contributed by atoms with Gasteiger partial charge in [-0.15, -0.1) is 11.3 Å². The van der Waals surface area contributed by atoms with Crippen LogP contribution >= 0.6 is 22.9 Å². The van der Waals surface area contributed by atoms with Gasteiger partial charge in [-0.3, -0.25) is 4.98 Å². The molecule has 2 aromatic heterocycles. The maximum absolute atomic E-state index is 5.87. The number of thiophene rings is 1. The van der Waals surface area contributed by atoms with Gasteiger partial charge in [0.2, 0.25) is 0 Å². The first-order valence-corrected chi connectivity index (χ1v) is 6.33. The molecular weight excluding hydrogens is 240 g/mol. The molecule has 0 bridgehead atoms. The number of pyridine rings is 1. The van der Waals surface area contributed by atoms with E-state index in [0.29, 0.717) is 0 Å². The van der Waals surface area contributed by atoms with Gasteiger partial charge in [0.25, 0.3) is 0 Å². The summed E-state index contributed by atoms with van der Waals surface area (Å²) in [6.45, 7) is 2.94. The lowest BCUT2D eigenvalue weighted by Crippen LogP contribution is -2.18. The molecule has 0 radical (unpaired) electrons. The van der Waals surface area contributed by atoms with E-state index in [4.69, 9.17) is 11.6 Å². The number of hydrogen-bond donors (Lipinski definition) is 1. The standard InChI is InChI=1S/C12H13ClN2S/c1-9(11-4-2-3-7-14-11)15-8-10-5-6-12(13)16-10/h2-7,9,15H,8H2,1H3. The molecule has 0 fully saturated rings. The molecule has 1 N–H and O–H groups in total. The minimum atomic E-state index is 0.252. The summed E-state index contributed by atoms with van der Waals surface area (Å²) in [5.74, 6) is 0. The predicted molar refractivity (Wildman–Crippen MR) is 68.8 cm³/mol. The highest BCUT2D eigenvalue weighted by molar-refractivity contribution is 7.16. The molecule has 0 saturated carbocycles. The van der Waals surface area contributed by atoms with Crippen LogP contribution in [0.3, 0.4) is 0 Å². The van der Waals surface area contributed by atoms with Crippen LogP contribution in [0.4, 0.5) is 0 Å². The summed E-state index contributed by atoms with van der Waals surface area (Å²) in [6.07, 6.45) is 1.82. The fraction of sp³-hybridized carbons (Fsp3) is 0.250. The van der Waals surface area contributed by atoms with Crippen molar-refractivity contribution in [3.63, 3.8) is 0 Å². The third kappa shape index (κ3) is 3.04. The smallest absolute Gasteiger partial charge is 0.0931 e. The molecule has 1 atom stereocenters. The third-order valence-corrected chi connectivity index (χ3v) is 3.57. The van der Waals surface area contributed by atoms with Crippen LogP contribution in [-0.4, -0.2) is 4.98 Å². The van der Waals surface area contributed by atoms with Crippen molar-refractivity contribution in [2.24, 2.45) is 0 Å². The van der Waals surface area contributed by atoms with Crippen LogP contribution in [0.2, 0.25) is 4.34 Å². The zero-order valence-corrected chi connectivity index (χ0v) is 10.6. The van der Waals surface area contributed by atoms with E-state index >= 15 is 0 Å². The van der Waals surface area contributed by atoms with Gasteiger partial charge in [0.1, 0.15) is 0 Å². The lowest BCUT2D eigenvalue weighted by atomic mass is 10.2. The van der Waals surface area contributed by atoms with Gasteiger partial charge in [0.15, 0.2) is 0 Å². The Kier molecular flexibility index (Phi) is 3.93. The Morgan fingerprint density at radius 3 is 2.88 bits per heavy atom. The normalized spacial score (nSPS) is 12.6. The second kappa shape index (κ2) is 5.43. The number of nitrogens with zero attached hydrogens (tertiary/aromatic N) is 1. The average molecular weight is 253 g/mol. The molecule has 0 aliphatic heterocycles. The first-order chi connectivity index (χ1) is 7.75. The summed E-state index contributed by atoms with van der Waals surface area (Å²) in [5, 5.41) is 3.42. The van der Waals surface area contributed by atoms with Crippen LogP contribution in [0.1, 0.15) is 23.5 Å². The summed E-state index contributed by atoms with van der Waals surface area (Å²) >= 11 is 7.48. The third-order valence-electron chi connectivity index (χ3n) is 2.34. The maximum atomic E-state index is 5.87. The van der Waals surface area contributed by atoms with Crippen molar-refractivity contribution in [3.8, 4) is 0 Å². The van der Waals surface area contributed by atoms with Crippen molar-refractivity contribution in [2.75, 3.05) is 0 Å². The Bertz CT molecular complexity index is 441. The molecule has 2 aromatic rings. The van der Waals surface area contributed by atoms with Crippen molar-refractivity contribution in [3.05, 3.63) is 51.4 Å². The summed E-state index contributed by atoms with van der Waals surface area (Å²) in [6, 6.07) is 10.2. The Balaban J connectivity index is 1.91. The molecule has 1 unspecified atom stereocenters. The van der Waals surface area contributed by atoms with Gasteiger partial charge in [0, 0.05) is 23.7 Å². The molecule has 0 spiro atoms. The predicted octanol–water partition coefficient (Wildman–Crippen LogP) is 3.65. The van der Waals surface area contributed by atoms with E-state index in [1.54, 1.807) is 11.3 Å². The Hall–Kier alpha value is -0.900. The average Bonchev–Trinajstić information content (AvgIpc) is 2.73. The molecule has 84 valence electrons. The van der Waals surface area contributed by atoms with Crippen molar-refractivity contribution >= 4 is 22.9 Å². The molecule has 0 amide bonds. The van der Waals surface area contributed by atoms with Gasteiger partial charge in [-0.05, 0) is 31.2 Å². The monoisotopic (exact) mass is 252 g/mol. The zero-order valence-electron chi connectivity index (χ0n) is 8.98. The van der Waals surface area contributed by atoms with Crippen LogP contribution < -0.4 is 5.32 Å². The van der Waals surface area contributed by atoms with Crippen molar-refractivity contribution < 1.29 is 0 Å². The number of nitrogens with one attached hydrogen (secondary N) is 1. The van der Waals surface area contributed by atoms with Gasteiger partial charge in [-0.2, -0.15) is 0 Å². The van der Waals surface area contributed by atoms with Gasteiger partial charge in [-0.1, -0.05) is 17.7 Å². The quantitative estimate of drug-likeness (QED) is 0.899. The lowest BCUT2D eigenvalue weighted by molar-refractivity contribution is 0.565. The summed E-state index contributed by atoms with van der Waals surface area (Å²) in [5.41, 5.74) is 1.06. The van der Waals surface area contributed by atoms with Crippen LogP contribution in [-0.2, 0) is 6.54 Å². The Morgan fingerprint density at radius 2 is 2.25 bits per heavy atom. The van der Waals surface area contributed by atoms with Crippen LogP contribution in [0.25, 0.3) is 0 Å². The Morgan fingerprint density at radius 1 is 1.38 bits per heavy atom. The molecule has 0 aromatic carbocycles. The van der Waals surface area contributed by atoms with E-state index in [0.717, 1.165) is 16.6 Å². The van der Waals surface area contributed by atoms with Crippen molar-refractivity contribution in [1.29, 1.82) is 0 Å². The van der Waals surface area contributed by atoms with Gasteiger partial charge >= 0.3 is 0 Å². The fourth-order valence-corrected chi connectivity index (χ4v) is 2.48. The highest BCUT2D eigenvalue weighted by atomic mass is 35.5. The second-order valence-corrected chi connectivity index (χ2v) is 5.36. The molecule has 0 aliphatic carbocycles. The first-order valence-electron chi connectivity index (χ1n) is 5.14. The Labute approximate surface area is 104 Å². The van der Waals surface area contributed by atoms with Crippen LogP contribution in [0.5, 0.6) is 0 Å². The molecule has 0 saturated heterocycles. The molecular formula is C12H13ClN2S. The fourth-order valence-electron chi connectivity index (χ4n) is 1.44. The van der Waals surface area contributed by atoms with Crippen LogP contribution in [0.15, 0.2) is 36.5 Å². The summed E-state index contributed by atoms with van der Waals surface area (Å²) in [4.78, 5) is 5.55. The number of aromatic nitrogens is 1. The minimum Gasteiger partial charge on any atom is -0.304 e. The van der Waals surface area contributed by atoms with E-state index in [1.807, 2.05) is 36.5 Å². The van der Waals surface area contributed by atoms with Gasteiger partial charge < -0.3 is 5.32 Å². The van der Waals surface area contributed by atoms with E-state index in [-0.39, 0.29) is 6.04 Å². The highest BCUT2D eigenvalue weighted by Gasteiger charge is 2.06. The first kappa shape index (κ1) is 11.6. The van der Waals surface area contributed by atoms with E-state index < -0.39 is 0 Å². The van der Waals surface area contributed by atoms with E-state index in [1.165, 1.54) is 4.88 Å². The SMILES string of the molecule is CC(NCc1ccc(Cl)s1)c1ccccn1. The largest absolute Gasteiger partial charge is 0.304 e. The second-order valence-electron chi connectivity index (χ2n) is 3.56. The van der Waals surface area contributed by atoms with Gasteiger partial charge in [-0.25, -0.2) is 0 Å². The van der Waals surface area contributed by atoms with E-state index in [9.17, 15) is 0 Å². The molecule has 2 nitrogen and oxygen atoms in total. The van der Waals surface area contributed by atoms with Crippen molar-refractivity contribution in [2.45, 2.75) is 19.5 Å². The van der Waals surface area contributed by atoms with Crippen LogP contribution in [0, 0.1) is 0 Å². The number of rotatable bonds is 4. The van der Waals surface area contributed by atoms with Gasteiger partial charge in [0.05, 0.1) is 10.0 Å². The number of halogens is 1. The number of hydrogen-bond acceptors (Lipinski definition) is 3. The summed E-state index contributed by atoms with van der Waals surface area (Å²) < 4.78 is 0.835. The summed E-state index contributed by atoms with van der Waals surface area (Å²) in [7, 11) is 0. The van der Waals surface area contributed by atoms with Crippen molar-refractivity contribution in [1.82, 2.24) is 10.3 Å². The zero-order chi connectivity index (χ0) is 11.4. The maximum Gasteiger partial charge on any atom is 0.0931 e. The highest BCUT2D eigenvalue weighted by Crippen LogP contribution is 2.21. The lowest BCUT2D eigenvalue weighted by Gasteiger charge is -2.11. The topological polar surface area (TPSA) is 24.9 Å². The molecule has 16 heavy (non-hydrogen) atoms. The minimum absolute atomic E-state index is 0.252. The molecule has 0 aliphatic rings.